The van der Waals surface area contributed by atoms with Crippen LogP contribution in [0.4, 0.5) is 0 Å². The maximum Gasteiger partial charge on any atom is 0.126 e. The van der Waals surface area contributed by atoms with Crippen molar-refractivity contribution in [2.24, 2.45) is 0 Å². The fourth-order valence-corrected chi connectivity index (χ4v) is 1.19. The van der Waals surface area contributed by atoms with Crippen LogP contribution in [0.1, 0.15) is 19.4 Å². The third-order valence-corrected chi connectivity index (χ3v) is 1.74. The Morgan fingerprint density at radius 1 is 1.36 bits per heavy atom. The first-order valence-corrected chi connectivity index (χ1v) is 4.79. The third-order valence-electron chi connectivity index (χ3n) is 1.74. The highest BCUT2D eigenvalue weighted by molar-refractivity contribution is 5.62. The smallest absolute Gasteiger partial charge is 0.126 e. The summed E-state index contributed by atoms with van der Waals surface area (Å²) in [6.07, 6.45) is 1.96. The Hall–Kier alpha value is -1.50. The van der Waals surface area contributed by atoms with Crippen molar-refractivity contribution in [3.8, 4) is 0 Å². The highest BCUT2D eigenvalue weighted by atomic mass is 16.5. The van der Waals surface area contributed by atoms with Crippen LogP contribution in [0.25, 0.3) is 5.76 Å². The fourth-order valence-electron chi connectivity index (χ4n) is 1.19. The normalized spacial score (nSPS) is 11.1. The van der Waals surface area contributed by atoms with Gasteiger partial charge in [0.25, 0.3) is 0 Å². The molecule has 0 aliphatic rings. The first-order valence-electron chi connectivity index (χ1n) is 4.79. The predicted octanol–water partition coefficient (Wildman–Crippen LogP) is 3.64. The van der Waals surface area contributed by atoms with Crippen molar-refractivity contribution < 1.29 is 4.74 Å². The molecular weight excluding hydrogens is 172 g/mol. The number of rotatable bonds is 4. The summed E-state index contributed by atoms with van der Waals surface area (Å²) in [7, 11) is 0. The average molecular weight is 188 g/mol. The van der Waals surface area contributed by atoms with Gasteiger partial charge in [0.05, 0.1) is 6.61 Å². The molecule has 0 saturated carbocycles. The third kappa shape index (κ3) is 3.09. The highest BCUT2D eigenvalue weighted by Gasteiger charge is 2.00. The summed E-state index contributed by atoms with van der Waals surface area (Å²) in [6.45, 7) is 8.46. The predicted molar refractivity (Wildman–Crippen MR) is 60.9 cm³/mol. The maximum atomic E-state index is 5.54. The summed E-state index contributed by atoms with van der Waals surface area (Å²) in [4.78, 5) is 0. The Morgan fingerprint density at radius 3 is 2.50 bits per heavy atom. The van der Waals surface area contributed by atoms with E-state index in [-0.39, 0.29) is 0 Å². The van der Waals surface area contributed by atoms with Gasteiger partial charge >= 0.3 is 0 Å². The summed E-state index contributed by atoms with van der Waals surface area (Å²) < 4.78 is 5.54. The summed E-state index contributed by atoms with van der Waals surface area (Å²) in [6, 6.07) is 10.1. The van der Waals surface area contributed by atoms with E-state index >= 15 is 0 Å². The summed E-state index contributed by atoms with van der Waals surface area (Å²) >= 11 is 0. The van der Waals surface area contributed by atoms with Crippen molar-refractivity contribution in [2.75, 3.05) is 6.61 Å². The second kappa shape index (κ2) is 5.28. The molecule has 0 spiro atoms. The largest absolute Gasteiger partial charge is 0.493 e. The summed E-state index contributed by atoms with van der Waals surface area (Å²) in [5, 5.41) is 0. The van der Waals surface area contributed by atoms with Crippen LogP contribution in [0.3, 0.4) is 0 Å². The van der Waals surface area contributed by atoms with Crippen LogP contribution in [0, 0.1) is 0 Å². The van der Waals surface area contributed by atoms with E-state index in [1.165, 1.54) is 0 Å². The molecule has 1 aromatic carbocycles. The molecule has 0 aromatic heterocycles. The number of hydrogen-bond donors (Lipinski definition) is 0. The van der Waals surface area contributed by atoms with Crippen LogP contribution in [0.15, 0.2) is 48.6 Å². The molecule has 0 N–H and O–H groups in total. The Balaban J connectivity index is 2.94. The number of hydrogen-bond acceptors (Lipinski definition) is 1. The first-order chi connectivity index (χ1) is 6.74. The molecule has 0 atom stereocenters. The van der Waals surface area contributed by atoms with Crippen molar-refractivity contribution in [1.29, 1.82) is 0 Å². The molecule has 0 saturated heterocycles. The average Bonchev–Trinajstić information content (AvgIpc) is 2.18. The lowest BCUT2D eigenvalue weighted by Crippen LogP contribution is -1.91. The lowest BCUT2D eigenvalue weighted by atomic mass is 10.1. The van der Waals surface area contributed by atoms with Gasteiger partial charge in [-0.05, 0) is 19.9 Å². The lowest BCUT2D eigenvalue weighted by molar-refractivity contribution is 0.298. The maximum absolute atomic E-state index is 5.54. The van der Waals surface area contributed by atoms with E-state index in [0.717, 1.165) is 16.9 Å². The molecule has 0 fully saturated rings. The Morgan fingerprint density at radius 2 is 2.00 bits per heavy atom. The fraction of sp³-hybridized carbons (Fsp3) is 0.231. The van der Waals surface area contributed by atoms with Crippen molar-refractivity contribution in [3.05, 3.63) is 54.1 Å². The second-order valence-corrected chi connectivity index (χ2v) is 3.15. The first kappa shape index (κ1) is 10.6. The molecule has 1 nitrogen and oxygen atoms in total. The summed E-state index contributed by atoms with van der Waals surface area (Å²) in [5.41, 5.74) is 2.09. The molecular formula is C13H16O. The molecule has 1 aromatic rings. The molecule has 0 amide bonds. The molecule has 74 valence electrons. The minimum absolute atomic E-state index is 0.675. The van der Waals surface area contributed by atoms with Gasteiger partial charge in [0.15, 0.2) is 0 Å². The van der Waals surface area contributed by atoms with Crippen molar-refractivity contribution in [2.45, 2.75) is 13.8 Å². The zero-order valence-corrected chi connectivity index (χ0v) is 8.79. The van der Waals surface area contributed by atoms with Gasteiger partial charge in [-0.2, -0.15) is 0 Å². The van der Waals surface area contributed by atoms with Crippen LogP contribution >= 0.6 is 0 Å². The van der Waals surface area contributed by atoms with Gasteiger partial charge in [-0.1, -0.05) is 42.5 Å². The van der Waals surface area contributed by atoms with Gasteiger partial charge < -0.3 is 4.74 Å². The van der Waals surface area contributed by atoms with Crippen LogP contribution in [0.2, 0.25) is 0 Å². The molecule has 0 unspecified atom stereocenters. The van der Waals surface area contributed by atoms with Gasteiger partial charge in [0.1, 0.15) is 5.76 Å². The Bertz CT molecular complexity index is 322. The van der Waals surface area contributed by atoms with Crippen LogP contribution in [-0.2, 0) is 4.74 Å². The van der Waals surface area contributed by atoms with Gasteiger partial charge in [-0.15, -0.1) is 0 Å². The van der Waals surface area contributed by atoms with Gasteiger partial charge in [0, 0.05) is 5.56 Å². The van der Waals surface area contributed by atoms with Crippen LogP contribution < -0.4 is 0 Å². The zero-order chi connectivity index (χ0) is 10.4. The van der Waals surface area contributed by atoms with E-state index in [0.29, 0.717) is 6.61 Å². The van der Waals surface area contributed by atoms with E-state index in [1.54, 1.807) is 0 Å². The molecule has 1 heteroatoms. The minimum Gasteiger partial charge on any atom is -0.493 e. The topological polar surface area (TPSA) is 9.23 Å². The number of allylic oxidation sites excluding steroid dienone is 2. The Kier molecular flexibility index (Phi) is 3.99. The molecule has 0 heterocycles. The molecule has 0 radical (unpaired) electrons. The van der Waals surface area contributed by atoms with Gasteiger partial charge in [-0.25, -0.2) is 0 Å². The SMILES string of the molecule is C=C(C)/C=C(/OCC)c1ccccc1. The van der Waals surface area contributed by atoms with Crippen LogP contribution in [-0.4, -0.2) is 6.61 Å². The standard InChI is InChI=1S/C13H16O/c1-4-14-13(10-11(2)3)12-8-6-5-7-9-12/h5-10H,2,4H2,1,3H3/b13-10+. The van der Waals surface area contributed by atoms with Crippen molar-refractivity contribution >= 4 is 5.76 Å². The number of ether oxygens (including phenoxy) is 1. The van der Waals surface area contributed by atoms with E-state index in [2.05, 4.69) is 6.58 Å². The van der Waals surface area contributed by atoms with Crippen molar-refractivity contribution in [3.63, 3.8) is 0 Å². The second-order valence-electron chi connectivity index (χ2n) is 3.15. The van der Waals surface area contributed by atoms with Crippen molar-refractivity contribution in [1.82, 2.24) is 0 Å². The van der Waals surface area contributed by atoms with E-state index in [1.807, 2.05) is 50.3 Å². The molecule has 1 rings (SSSR count). The van der Waals surface area contributed by atoms with E-state index in [9.17, 15) is 0 Å². The van der Waals surface area contributed by atoms with E-state index in [4.69, 9.17) is 4.74 Å². The van der Waals surface area contributed by atoms with Gasteiger partial charge in [0.2, 0.25) is 0 Å². The molecule has 14 heavy (non-hydrogen) atoms. The molecule has 0 aliphatic heterocycles. The number of benzene rings is 1. The lowest BCUT2D eigenvalue weighted by Gasteiger charge is -2.08. The monoisotopic (exact) mass is 188 g/mol. The molecule has 0 bridgehead atoms. The van der Waals surface area contributed by atoms with Gasteiger partial charge in [-0.3, -0.25) is 0 Å². The Labute approximate surface area is 85.7 Å². The zero-order valence-electron chi connectivity index (χ0n) is 8.79. The quantitative estimate of drug-likeness (QED) is 0.517. The molecule has 0 aliphatic carbocycles. The minimum atomic E-state index is 0.675. The summed E-state index contributed by atoms with van der Waals surface area (Å²) in [5.74, 6) is 0.889. The van der Waals surface area contributed by atoms with Crippen LogP contribution in [0.5, 0.6) is 0 Å². The van der Waals surface area contributed by atoms with E-state index < -0.39 is 0 Å². The highest BCUT2D eigenvalue weighted by Crippen LogP contribution is 2.16.